The maximum Gasteiger partial charge on any atom is 0.139 e. The van der Waals surface area contributed by atoms with Crippen LogP contribution in [0.4, 0.5) is 0 Å². The van der Waals surface area contributed by atoms with Crippen LogP contribution in [0.2, 0.25) is 0 Å². The maximum absolute atomic E-state index is 4.63. The minimum Gasteiger partial charge on any atom is -0.294 e. The Hall–Kier alpha value is -1.13. The van der Waals surface area contributed by atoms with Gasteiger partial charge in [-0.1, -0.05) is 46.3 Å². The first-order valence-corrected chi connectivity index (χ1v) is 6.73. The Balaban J connectivity index is 2.28. The van der Waals surface area contributed by atoms with Crippen LogP contribution in [0.5, 0.6) is 0 Å². The van der Waals surface area contributed by atoms with Crippen LogP contribution < -0.4 is 0 Å². The lowest BCUT2D eigenvalue weighted by Crippen LogP contribution is -1.82. The molecule has 2 heterocycles. The van der Waals surface area contributed by atoms with E-state index < -0.39 is 0 Å². The molecule has 0 spiro atoms. The van der Waals surface area contributed by atoms with E-state index in [-0.39, 0.29) is 0 Å². The highest BCUT2D eigenvalue weighted by molar-refractivity contribution is 9.10. The van der Waals surface area contributed by atoms with Crippen molar-refractivity contribution >= 4 is 37.5 Å². The normalized spacial score (nSPS) is 10.9. The summed E-state index contributed by atoms with van der Waals surface area (Å²) in [6.07, 6.45) is 1.99. The van der Waals surface area contributed by atoms with Crippen molar-refractivity contribution in [2.45, 2.75) is 0 Å². The quantitative estimate of drug-likeness (QED) is 0.629. The van der Waals surface area contributed by atoms with Crippen LogP contribution in [0.25, 0.3) is 16.9 Å². The Morgan fingerprint density at radius 3 is 2.53 bits per heavy atom. The highest BCUT2D eigenvalue weighted by Crippen LogP contribution is 2.29. The summed E-state index contributed by atoms with van der Waals surface area (Å²) >= 11 is 7.05. The first-order chi connectivity index (χ1) is 8.25. The van der Waals surface area contributed by atoms with Gasteiger partial charge in [0, 0.05) is 16.2 Å². The van der Waals surface area contributed by atoms with E-state index in [0.717, 1.165) is 26.0 Å². The third kappa shape index (κ3) is 1.91. The lowest BCUT2D eigenvalue weighted by molar-refractivity contribution is 1.15. The van der Waals surface area contributed by atoms with E-state index in [0.29, 0.717) is 0 Å². The number of pyridine rings is 1. The molecule has 17 heavy (non-hydrogen) atoms. The molecular formula is C13H8Br2N2. The number of aromatic nitrogens is 2. The van der Waals surface area contributed by atoms with Crippen LogP contribution in [0.3, 0.4) is 0 Å². The number of hydrogen-bond acceptors (Lipinski definition) is 1. The SMILES string of the molecule is Brc1ccn2c(Br)c(-c3ccccc3)nc2c1. The molecule has 0 radical (unpaired) electrons. The molecule has 4 heteroatoms. The molecular weight excluding hydrogens is 344 g/mol. The minimum atomic E-state index is 0.921. The average molecular weight is 352 g/mol. The summed E-state index contributed by atoms with van der Waals surface area (Å²) in [7, 11) is 0. The van der Waals surface area contributed by atoms with Gasteiger partial charge in [0.05, 0.1) is 0 Å². The average Bonchev–Trinajstić information content (AvgIpc) is 2.67. The van der Waals surface area contributed by atoms with E-state index in [1.54, 1.807) is 0 Å². The van der Waals surface area contributed by atoms with Gasteiger partial charge in [0.1, 0.15) is 15.9 Å². The molecule has 3 rings (SSSR count). The van der Waals surface area contributed by atoms with Gasteiger partial charge in [-0.25, -0.2) is 4.98 Å². The molecule has 0 saturated carbocycles. The van der Waals surface area contributed by atoms with E-state index in [9.17, 15) is 0 Å². The van der Waals surface area contributed by atoms with Crippen LogP contribution in [-0.4, -0.2) is 9.38 Å². The molecule has 0 saturated heterocycles. The largest absolute Gasteiger partial charge is 0.294 e. The third-order valence-corrected chi connectivity index (χ3v) is 3.83. The summed E-state index contributed by atoms with van der Waals surface area (Å²) < 4.78 is 4.03. The summed E-state index contributed by atoms with van der Waals surface area (Å²) in [5.74, 6) is 0. The van der Waals surface area contributed by atoms with Gasteiger partial charge in [0.25, 0.3) is 0 Å². The van der Waals surface area contributed by atoms with Gasteiger partial charge in [-0.2, -0.15) is 0 Å². The molecule has 84 valence electrons. The Morgan fingerprint density at radius 1 is 1.00 bits per heavy atom. The number of fused-ring (bicyclic) bond motifs is 1. The van der Waals surface area contributed by atoms with Gasteiger partial charge >= 0.3 is 0 Å². The fourth-order valence-electron chi connectivity index (χ4n) is 1.77. The van der Waals surface area contributed by atoms with Gasteiger partial charge in [-0.05, 0) is 28.1 Å². The molecule has 0 aliphatic rings. The highest BCUT2D eigenvalue weighted by atomic mass is 79.9. The predicted molar refractivity (Wildman–Crippen MR) is 76.0 cm³/mol. The number of benzene rings is 1. The minimum absolute atomic E-state index is 0.921. The molecule has 0 unspecified atom stereocenters. The van der Waals surface area contributed by atoms with Crippen molar-refractivity contribution in [1.82, 2.24) is 9.38 Å². The molecule has 0 fully saturated rings. The fraction of sp³-hybridized carbons (Fsp3) is 0. The topological polar surface area (TPSA) is 17.3 Å². The Kier molecular flexibility index (Phi) is 2.76. The van der Waals surface area contributed by atoms with Crippen LogP contribution in [0.15, 0.2) is 57.7 Å². The summed E-state index contributed by atoms with van der Waals surface area (Å²) in [5.41, 5.74) is 2.99. The molecule has 3 aromatic rings. The van der Waals surface area contributed by atoms with Crippen molar-refractivity contribution in [3.63, 3.8) is 0 Å². The summed E-state index contributed by atoms with van der Waals surface area (Å²) in [6.45, 7) is 0. The number of halogens is 2. The molecule has 0 N–H and O–H groups in total. The lowest BCUT2D eigenvalue weighted by Gasteiger charge is -1.97. The van der Waals surface area contributed by atoms with Crippen molar-refractivity contribution < 1.29 is 0 Å². The van der Waals surface area contributed by atoms with Crippen molar-refractivity contribution in [1.29, 1.82) is 0 Å². The van der Waals surface area contributed by atoms with E-state index in [1.807, 2.05) is 40.9 Å². The predicted octanol–water partition coefficient (Wildman–Crippen LogP) is 4.53. The number of nitrogens with zero attached hydrogens (tertiary/aromatic N) is 2. The first kappa shape index (κ1) is 11.0. The van der Waals surface area contributed by atoms with Crippen molar-refractivity contribution in [3.05, 3.63) is 57.7 Å². The Morgan fingerprint density at radius 2 is 1.76 bits per heavy atom. The van der Waals surface area contributed by atoms with Crippen LogP contribution in [-0.2, 0) is 0 Å². The van der Waals surface area contributed by atoms with Gasteiger partial charge < -0.3 is 0 Å². The lowest BCUT2D eigenvalue weighted by atomic mass is 10.2. The third-order valence-electron chi connectivity index (χ3n) is 2.58. The van der Waals surface area contributed by atoms with Gasteiger partial charge in [0.15, 0.2) is 0 Å². The first-order valence-electron chi connectivity index (χ1n) is 5.14. The second kappa shape index (κ2) is 4.27. The van der Waals surface area contributed by atoms with E-state index in [2.05, 4.69) is 49.0 Å². The van der Waals surface area contributed by atoms with Crippen LogP contribution >= 0.6 is 31.9 Å². The maximum atomic E-state index is 4.63. The smallest absolute Gasteiger partial charge is 0.139 e. The summed E-state index contributed by atoms with van der Waals surface area (Å²) in [4.78, 5) is 4.63. The van der Waals surface area contributed by atoms with Crippen molar-refractivity contribution in [2.75, 3.05) is 0 Å². The van der Waals surface area contributed by atoms with E-state index in [4.69, 9.17) is 0 Å². The van der Waals surface area contributed by atoms with E-state index >= 15 is 0 Å². The Labute approximate surface area is 116 Å². The van der Waals surface area contributed by atoms with Gasteiger partial charge in [-0.3, -0.25) is 4.40 Å². The summed E-state index contributed by atoms with van der Waals surface area (Å²) in [5, 5.41) is 0. The fourth-order valence-corrected chi connectivity index (χ4v) is 2.71. The zero-order valence-corrected chi connectivity index (χ0v) is 11.9. The molecule has 0 aliphatic carbocycles. The molecule has 0 amide bonds. The monoisotopic (exact) mass is 350 g/mol. The zero-order valence-electron chi connectivity index (χ0n) is 8.77. The summed E-state index contributed by atoms with van der Waals surface area (Å²) in [6, 6.07) is 14.1. The number of hydrogen-bond donors (Lipinski definition) is 0. The molecule has 0 bridgehead atoms. The standard InChI is InChI=1S/C13H8Br2N2/c14-10-6-7-17-11(8-10)16-12(13(17)15)9-4-2-1-3-5-9/h1-8H. The van der Waals surface area contributed by atoms with Gasteiger partial charge in [0.2, 0.25) is 0 Å². The molecule has 2 nitrogen and oxygen atoms in total. The molecule has 1 aromatic carbocycles. The number of rotatable bonds is 1. The Bertz CT molecular complexity index is 674. The molecule has 0 atom stereocenters. The second-order valence-electron chi connectivity index (χ2n) is 3.69. The van der Waals surface area contributed by atoms with Gasteiger partial charge in [-0.15, -0.1) is 0 Å². The number of imidazole rings is 1. The van der Waals surface area contributed by atoms with Crippen molar-refractivity contribution in [2.24, 2.45) is 0 Å². The second-order valence-corrected chi connectivity index (χ2v) is 5.36. The van der Waals surface area contributed by atoms with Crippen molar-refractivity contribution in [3.8, 4) is 11.3 Å². The zero-order chi connectivity index (χ0) is 11.8. The highest BCUT2D eigenvalue weighted by Gasteiger charge is 2.11. The van der Waals surface area contributed by atoms with Crippen LogP contribution in [0.1, 0.15) is 0 Å². The van der Waals surface area contributed by atoms with E-state index in [1.165, 1.54) is 0 Å². The molecule has 0 aliphatic heterocycles. The van der Waals surface area contributed by atoms with Crippen LogP contribution in [0, 0.1) is 0 Å². The molecule has 2 aromatic heterocycles.